The molecule has 3 heterocycles. The molecule has 0 spiro atoms. The van der Waals surface area contributed by atoms with E-state index in [1.165, 1.54) is 25.4 Å². The first-order valence-corrected chi connectivity index (χ1v) is 10.7. The van der Waals surface area contributed by atoms with Crippen molar-refractivity contribution in [2.75, 3.05) is 7.11 Å². The Morgan fingerprint density at radius 1 is 1.15 bits per heavy atom. The van der Waals surface area contributed by atoms with E-state index in [4.69, 9.17) is 4.74 Å². The highest BCUT2D eigenvalue weighted by molar-refractivity contribution is 5.72. The molecule has 1 N–H and O–H groups in total. The Hall–Kier alpha value is -3.69. The highest BCUT2D eigenvalue weighted by Crippen LogP contribution is 2.45. The number of hydrogen-bond donors (Lipinski definition) is 1. The molecule has 6 nitrogen and oxygen atoms in total. The lowest BCUT2D eigenvalue weighted by Gasteiger charge is -2.10. The molecule has 0 aliphatic heterocycles. The maximum atomic E-state index is 14.9. The van der Waals surface area contributed by atoms with E-state index >= 15 is 0 Å². The first-order valence-electron chi connectivity index (χ1n) is 10.7. The lowest BCUT2D eigenvalue weighted by molar-refractivity contribution is -0.141. The molecule has 0 atom stereocenters. The minimum absolute atomic E-state index is 0.0378. The van der Waals surface area contributed by atoms with Gasteiger partial charge in [-0.2, -0.15) is 18.3 Å². The number of aromatic nitrogens is 5. The largest absolute Gasteiger partial charge is 0.480 e. The van der Waals surface area contributed by atoms with Crippen LogP contribution in [-0.2, 0) is 12.6 Å². The van der Waals surface area contributed by atoms with Crippen LogP contribution in [0.15, 0.2) is 42.9 Å². The van der Waals surface area contributed by atoms with Crippen molar-refractivity contribution >= 4 is 0 Å². The fraction of sp³-hybridized carbons (Fsp3) is 0.292. The summed E-state index contributed by atoms with van der Waals surface area (Å²) in [5.41, 5.74) is 3.30. The normalized spacial score (nSPS) is 13.9. The molecule has 1 saturated carbocycles. The van der Waals surface area contributed by atoms with Gasteiger partial charge in [-0.25, -0.2) is 19.0 Å². The summed E-state index contributed by atoms with van der Waals surface area (Å²) < 4.78 is 60.2. The van der Waals surface area contributed by atoms with Gasteiger partial charge in [0, 0.05) is 35.5 Å². The zero-order valence-electron chi connectivity index (χ0n) is 18.4. The molecule has 3 aromatic heterocycles. The van der Waals surface area contributed by atoms with Crippen molar-refractivity contribution in [2.45, 2.75) is 38.3 Å². The predicted octanol–water partition coefficient (Wildman–Crippen LogP) is 5.60. The third kappa shape index (κ3) is 4.15. The maximum absolute atomic E-state index is 14.9. The average molecular weight is 471 g/mol. The Bertz CT molecular complexity index is 1350. The SMILES string of the molecule is COc1ncnc(C2CC2)c1-c1c[nH]c(Cc2ccc(-n3nc(C(F)(F)F)cc3C)c(F)c2)c1. The molecule has 4 aromatic rings. The summed E-state index contributed by atoms with van der Waals surface area (Å²) in [7, 11) is 1.57. The molecule has 1 aliphatic carbocycles. The molecule has 1 fully saturated rings. The predicted molar refractivity (Wildman–Crippen MR) is 116 cm³/mol. The highest BCUT2D eigenvalue weighted by atomic mass is 19.4. The molecule has 0 saturated heterocycles. The first kappa shape index (κ1) is 22.1. The molecule has 1 aromatic carbocycles. The van der Waals surface area contributed by atoms with Crippen LogP contribution in [0.2, 0.25) is 0 Å². The Balaban J connectivity index is 1.41. The van der Waals surface area contributed by atoms with Gasteiger partial charge in [0.15, 0.2) is 5.69 Å². The summed E-state index contributed by atoms with van der Waals surface area (Å²) in [6.45, 7) is 1.45. The van der Waals surface area contributed by atoms with Gasteiger partial charge in [0.05, 0.1) is 18.4 Å². The number of hydrogen-bond acceptors (Lipinski definition) is 4. The summed E-state index contributed by atoms with van der Waals surface area (Å²) in [6.07, 6.45) is 1.32. The van der Waals surface area contributed by atoms with Crippen LogP contribution >= 0.6 is 0 Å². The summed E-state index contributed by atoms with van der Waals surface area (Å²) in [6, 6.07) is 7.27. The van der Waals surface area contributed by atoms with Crippen molar-refractivity contribution in [3.05, 3.63) is 77.0 Å². The lowest BCUT2D eigenvalue weighted by Crippen LogP contribution is -2.08. The number of methoxy groups -OCH3 is 1. The molecular weight excluding hydrogens is 450 g/mol. The zero-order valence-corrected chi connectivity index (χ0v) is 18.4. The Morgan fingerprint density at radius 3 is 2.59 bits per heavy atom. The summed E-state index contributed by atoms with van der Waals surface area (Å²) in [4.78, 5) is 11.9. The van der Waals surface area contributed by atoms with Gasteiger partial charge in [-0.05, 0) is 49.6 Å². The van der Waals surface area contributed by atoms with E-state index in [1.807, 2.05) is 12.3 Å². The van der Waals surface area contributed by atoms with Crippen molar-refractivity contribution in [1.82, 2.24) is 24.7 Å². The molecule has 176 valence electrons. The van der Waals surface area contributed by atoms with Gasteiger partial charge < -0.3 is 9.72 Å². The van der Waals surface area contributed by atoms with Crippen LogP contribution < -0.4 is 4.74 Å². The molecular formula is C24H21F4N5O. The molecule has 10 heteroatoms. The number of benzene rings is 1. The van der Waals surface area contributed by atoms with E-state index in [9.17, 15) is 17.6 Å². The van der Waals surface area contributed by atoms with Crippen molar-refractivity contribution in [2.24, 2.45) is 0 Å². The third-order valence-corrected chi connectivity index (χ3v) is 5.84. The second-order valence-corrected chi connectivity index (χ2v) is 8.37. The number of aryl methyl sites for hydroxylation is 1. The number of nitrogens with zero attached hydrogens (tertiary/aromatic N) is 4. The topological polar surface area (TPSA) is 68.6 Å². The van der Waals surface area contributed by atoms with E-state index in [2.05, 4.69) is 20.1 Å². The monoisotopic (exact) mass is 471 g/mol. The van der Waals surface area contributed by atoms with Crippen LogP contribution in [0.1, 0.15) is 47.1 Å². The van der Waals surface area contributed by atoms with Gasteiger partial charge >= 0.3 is 6.18 Å². The fourth-order valence-electron chi connectivity index (χ4n) is 4.07. The van der Waals surface area contributed by atoms with Crippen molar-refractivity contribution < 1.29 is 22.3 Å². The Labute approximate surface area is 192 Å². The number of H-pyrrole nitrogens is 1. The van der Waals surface area contributed by atoms with Crippen LogP contribution in [0.5, 0.6) is 5.88 Å². The van der Waals surface area contributed by atoms with Crippen LogP contribution in [0, 0.1) is 12.7 Å². The third-order valence-electron chi connectivity index (χ3n) is 5.84. The van der Waals surface area contributed by atoms with Crippen LogP contribution in [-0.4, -0.2) is 31.8 Å². The van der Waals surface area contributed by atoms with Gasteiger partial charge in [0.1, 0.15) is 17.8 Å². The molecule has 0 radical (unpaired) electrons. The number of halogens is 4. The number of alkyl halides is 3. The molecule has 0 unspecified atom stereocenters. The van der Waals surface area contributed by atoms with Gasteiger partial charge in [0.25, 0.3) is 0 Å². The van der Waals surface area contributed by atoms with Crippen molar-refractivity contribution in [3.63, 3.8) is 0 Å². The minimum atomic E-state index is -4.59. The smallest absolute Gasteiger partial charge is 0.435 e. The van der Waals surface area contributed by atoms with E-state index < -0.39 is 17.7 Å². The van der Waals surface area contributed by atoms with Crippen LogP contribution in [0.3, 0.4) is 0 Å². The minimum Gasteiger partial charge on any atom is -0.480 e. The van der Waals surface area contributed by atoms with E-state index in [0.29, 0.717) is 23.8 Å². The molecule has 1 aliphatic rings. The first-order chi connectivity index (χ1) is 16.2. The lowest BCUT2D eigenvalue weighted by atomic mass is 10.0. The van der Waals surface area contributed by atoms with Gasteiger partial charge in [-0.3, -0.25) is 0 Å². The van der Waals surface area contributed by atoms with Gasteiger partial charge in [-0.15, -0.1) is 0 Å². The molecule has 34 heavy (non-hydrogen) atoms. The number of ether oxygens (including phenoxy) is 1. The van der Waals surface area contributed by atoms with E-state index in [0.717, 1.165) is 46.1 Å². The van der Waals surface area contributed by atoms with Crippen LogP contribution in [0.25, 0.3) is 16.8 Å². The summed E-state index contributed by atoms with van der Waals surface area (Å²) >= 11 is 0. The van der Waals surface area contributed by atoms with Crippen molar-refractivity contribution in [3.8, 4) is 22.7 Å². The number of rotatable bonds is 6. The Morgan fingerprint density at radius 2 is 1.94 bits per heavy atom. The van der Waals surface area contributed by atoms with Gasteiger partial charge in [-0.1, -0.05) is 6.07 Å². The van der Waals surface area contributed by atoms with Gasteiger partial charge in [0.2, 0.25) is 5.88 Å². The average Bonchev–Trinajstić information content (AvgIpc) is 3.42. The second-order valence-electron chi connectivity index (χ2n) is 8.37. The highest BCUT2D eigenvalue weighted by Gasteiger charge is 2.35. The van der Waals surface area contributed by atoms with Crippen LogP contribution in [0.4, 0.5) is 17.6 Å². The summed E-state index contributed by atoms with van der Waals surface area (Å²) in [5, 5.41) is 3.53. The fourth-order valence-corrected chi connectivity index (χ4v) is 4.07. The quantitative estimate of drug-likeness (QED) is 0.372. The van der Waals surface area contributed by atoms with Crippen molar-refractivity contribution in [1.29, 1.82) is 0 Å². The molecule has 0 amide bonds. The number of aromatic amines is 1. The molecule has 0 bridgehead atoms. The Kier molecular flexibility index (Phi) is 5.38. The van der Waals surface area contributed by atoms with E-state index in [1.54, 1.807) is 13.2 Å². The zero-order chi connectivity index (χ0) is 24.0. The summed E-state index contributed by atoms with van der Waals surface area (Å²) in [5.74, 6) is 0.250. The maximum Gasteiger partial charge on any atom is 0.435 e. The second kappa shape index (κ2) is 8.27. The van der Waals surface area contributed by atoms with E-state index in [-0.39, 0.29) is 11.4 Å². The standard InChI is InChI=1S/C24H21F4N5O/c1-13-7-20(24(26,27)28)32-33(13)19-6-3-14(9-18(19)25)8-17-10-16(11-29-17)21-22(15-4-5-15)30-12-31-23(21)34-2/h3,6-7,9-12,15,29H,4-5,8H2,1-2H3. The number of nitrogens with one attached hydrogen (secondary N) is 1. The molecule has 5 rings (SSSR count).